The first-order valence-corrected chi connectivity index (χ1v) is 7.17. The van der Waals surface area contributed by atoms with E-state index in [2.05, 4.69) is 20.8 Å². The standard InChI is InChI=1S/C16H18O3S/c1-16(2,3)13-9-11(18-4)5-7-14(13)19-15-8-6-12(10-17)20-15/h5-10H,1-4H3. The van der Waals surface area contributed by atoms with E-state index < -0.39 is 0 Å². The highest BCUT2D eigenvalue weighted by atomic mass is 32.1. The first-order valence-electron chi connectivity index (χ1n) is 6.35. The number of methoxy groups -OCH3 is 1. The van der Waals surface area contributed by atoms with E-state index in [-0.39, 0.29) is 5.41 Å². The van der Waals surface area contributed by atoms with E-state index in [1.807, 2.05) is 24.3 Å². The van der Waals surface area contributed by atoms with Crippen molar-refractivity contribution in [3.8, 4) is 16.6 Å². The number of carbonyl (C=O) groups is 1. The molecule has 2 aromatic rings. The van der Waals surface area contributed by atoms with Gasteiger partial charge in [0, 0.05) is 5.56 Å². The monoisotopic (exact) mass is 290 g/mol. The molecule has 0 aliphatic rings. The highest BCUT2D eigenvalue weighted by molar-refractivity contribution is 7.15. The van der Waals surface area contributed by atoms with Gasteiger partial charge in [-0.25, -0.2) is 0 Å². The number of hydrogen-bond donors (Lipinski definition) is 0. The summed E-state index contributed by atoms with van der Waals surface area (Å²) in [4.78, 5) is 11.4. The second-order valence-electron chi connectivity index (χ2n) is 5.49. The zero-order valence-corrected chi connectivity index (χ0v) is 12.9. The van der Waals surface area contributed by atoms with E-state index in [9.17, 15) is 4.79 Å². The lowest BCUT2D eigenvalue weighted by Gasteiger charge is -2.23. The fourth-order valence-corrected chi connectivity index (χ4v) is 2.56. The van der Waals surface area contributed by atoms with Gasteiger partial charge in [-0.15, -0.1) is 0 Å². The van der Waals surface area contributed by atoms with Crippen molar-refractivity contribution < 1.29 is 14.3 Å². The van der Waals surface area contributed by atoms with Crippen molar-refractivity contribution in [2.24, 2.45) is 0 Å². The summed E-state index contributed by atoms with van der Waals surface area (Å²) < 4.78 is 11.2. The molecule has 0 unspecified atom stereocenters. The molecule has 0 atom stereocenters. The van der Waals surface area contributed by atoms with Crippen LogP contribution in [0.15, 0.2) is 30.3 Å². The minimum Gasteiger partial charge on any atom is -0.497 e. The third-order valence-corrected chi connectivity index (χ3v) is 3.81. The summed E-state index contributed by atoms with van der Waals surface area (Å²) in [6.45, 7) is 6.37. The van der Waals surface area contributed by atoms with Gasteiger partial charge in [-0.1, -0.05) is 32.1 Å². The normalized spacial score (nSPS) is 11.2. The van der Waals surface area contributed by atoms with Gasteiger partial charge in [0.1, 0.15) is 11.5 Å². The maximum absolute atomic E-state index is 10.7. The van der Waals surface area contributed by atoms with Gasteiger partial charge >= 0.3 is 0 Å². The van der Waals surface area contributed by atoms with Crippen molar-refractivity contribution in [2.45, 2.75) is 26.2 Å². The molecule has 0 fully saturated rings. The summed E-state index contributed by atoms with van der Waals surface area (Å²) in [7, 11) is 1.65. The zero-order valence-electron chi connectivity index (χ0n) is 12.1. The Morgan fingerprint density at radius 1 is 1.15 bits per heavy atom. The molecule has 2 rings (SSSR count). The largest absolute Gasteiger partial charge is 0.497 e. The lowest BCUT2D eigenvalue weighted by molar-refractivity contribution is 0.112. The van der Waals surface area contributed by atoms with Crippen molar-refractivity contribution in [2.75, 3.05) is 7.11 Å². The van der Waals surface area contributed by atoms with Crippen LogP contribution in [0, 0.1) is 0 Å². The Hall–Kier alpha value is -1.81. The molecule has 0 amide bonds. The summed E-state index contributed by atoms with van der Waals surface area (Å²) in [5.41, 5.74) is 1.01. The van der Waals surface area contributed by atoms with E-state index in [1.165, 1.54) is 11.3 Å². The van der Waals surface area contributed by atoms with Crippen molar-refractivity contribution in [3.63, 3.8) is 0 Å². The van der Waals surface area contributed by atoms with E-state index in [4.69, 9.17) is 9.47 Å². The first-order chi connectivity index (χ1) is 9.44. The number of aldehydes is 1. The summed E-state index contributed by atoms with van der Waals surface area (Å²) in [5, 5.41) is 0.711. The van der Waals surface area contributed by atoms with Gasteiger partial charge < -0.3 is 9.47 Å². The minimum absolute atomic E-state index is 0.0609. The van der Waals surface area contributed by atoms with Crippen molar-refractivity contribution >= 4 is 17.6 Å². The number of hydrogen-bond acceptors (Lipinski definition) is 4. The summed E-state index contributed by atoms with van der Waals surface area (Å²) >= 11 is 1.34. The average molecular weight is 290 g/mol. The molecule has 0 saturated carbocycles. The molecular formula is C16H18O3S. The van der Waals surface area contributed by atoms with Gasteiger partial charge in [-0.3, -0.25) is 4.79 Å². The van der Waals surface area contributed by atoms with Crippen LogP contribution in [-0.4, -0.2) is 13.4 Å². The molecule has 0 saturated heterocycles. The zero-order chi connectivity index (χ0) is 14.8. The number of rotatable bonds is 4. The topological polar surface area (TPSA) is 35.5 Å². The molecule has 4 heteroatoms. The third kappa shape index (κ3) is 3.20. The molecule has 0 N–H and O–H groups in total. The minimum atomic E-state index is -0.0609. The summed E-state index contributed by atoms with van der Waals surface area (Å²) in [6, 6.07) is 9.33. The summed E-state index contributed by atoms with van der Waals surface area (Å²) in [5.74, 6) is 1.60. The molecule has 3 nitrogen and oxygen atoms in total. The Kier molecular flexibility index (Phi) is 4.14. The quantitative estimate of drug-likeness (QED) is 0.768. The Morgan fingerprint density at radius 2 is 1.90 bits per heavy atom. The van der Waals surface area contributed by atoms with Crippen LogP contribution in [0.1, 0.15) is 36.0 Å². The van der Waals surface area contributed by atoms with Gasteiger partial charge in [0.15, 0.2) is 11.3 Å². The predicted octanol–water partition coefficient (Wildman–Crippen LogP) is 4.66. The van der Waals surface area contributed by atoms with Crippen LogP contribution in [0.5, 0.6) is 16.6 Å². The molecule has 1 aromatic carbocycles. The van der Waals surface area contributed by atoms with Crippen molar-refractivity contribution in [3.05, 3.63) is 40.8 Å². The third-order valence-electron chi connectivity index (χ3n) is 2.92. The highest BCUT2D eigenvalue weighted by Gasteiger charge is 2.20. The molecule has 20 heavy (non-hydrogen) atoms. The van der Waals surface area contributed by atoms with E-state index in [0.717, 1.165) is 23.3 Å². The molecular weight excluding hydrogens is 272 g/mol. The molecule has 0 radical (unpaired) electrons. The van der Waals surface area contributed by atoms with E-state index >= 15 is 0 Å². The van der Waals surface area contributed by atoms with Crippen molar-refractivity contribution in [1.82, 2.24) is 0 Å². The van der Waals surface area contributed by atoms with Crippen molar-refractivity contribution in [1.29, 1.82) is 0 Å². The Bertz CT molecular complexity index is 608. The van der Waals surface area contributed by atoms with Crippen LogP contribution in [-0.2, 0) is 5.41 Å². The molecule has 0 aliphatic carbocycles. The molecule has 1 heterocycles. The fraction of sp³-hybridized carbons (Fsp3) is 0.312. The predicted molar refractivity (Wildman–Crippen MR) is 81.5 cm³/mol. The number of thiophene rings is 1. The van der Waals surface area contributed by atoms with Crippen LogP contribution in [0.25, 0.3) is 0 Å². The van der Waals surface area contributed by atoms with E-state index in [1.54, 1.807) is 13.2 Å². The lowest BCUT2D eigenvalue weighted by Crippen LogP contribution is -2.12. The van der Waals surface area contributed by atoms with Gasteiger partial charge in [0.2, 0.25) is 0 Å². The maximum Gasteiger partial charge on any atom is 0.181 e. The molecule has 0 spiro atoms. The molecule has 0 bridgehead atoms. The van der Waals surface area contributed by atoms with Gasteiger partial charge in [-0.2, -0.15) is 0 Å². The second kappa shape index (κ2) is 5.67. The molecule has 0 aliphatic heterocycles. The first kappa shape index (κ1) is 14.6. The smallest absolute Gasteiger partial charge is 0.181 e. The van der Waals surface area contributed by atoms with Crippen LogP contribution in [0.2, 0.25) is 0 Å². The molecule has 106 valence electrons. The Morgan fingerprint density at radius 3 is 2.45 bits per heavy atom. The number of carbonyl (C=O) groups excluding carboxylic acids is 1. The van der Waals surface area contributed by atoms with Crippen LogP contribution in [0.3, 0.4) is 0 Å². The fourth-order valence-electron chi connectivity index (χ4n) is 1.87. The lowest BCUT2D eigenvalue weighted by atomic mass is 9.86. The van der Waals surface area contributed by atoms with Crippen LogP contribution < -0.4 is 9.47 Å². The average Bonchev–Trinajstić information content (AvgIpc) is 2.85. The highest BCUT2D eigenvalue weighted by Crippen LogP contribution is 2.38. The number of ether oxygens (including phenoxy) is 2. The van der Waals surface area contributed by atoms with Gasteiger partial charge in [0.05, 0.1) is 12.0 Å². The van der Waals surface area contributed by atoms with E-state index in [0.29, 0.717) is 9.94 Å². The van der Waals surface area contributed by atoms with Gasteiger partial charge in [0.25, 0.3) is 0 Å². The SMILES string of the molecule is COc1ccc(Oc2ccc(C=O)s2)c(C(C)(C)C)c1. The number of benzene rings is 1. The Balaban J connectivity index is 2.37. The van der Waals surface area contributed by atoms with Gasteiger partial charge in [-0.05, 0) is 35.7 Å². The second-order valence-corrected chi connectivity index (χ2v) is 6.57. The van der Waals surface area contributed by atoms with Crippen LogP contribution >= 0.6 is 11.3 Å². The van der Waals surface area contributed by atoms with Crippen LogP contribution in [0.4, 0.5) is 0 Å². The Labute approximate surface area is 123 Å². The molecule has 1 aromatic heterocycles. The maximum atomic E-state index is 10.7. The summed E-state index contributed by atoms with van der Waals surface area (Å²) in [6.07, 6.45) is 0.830.